The Labute approximate surface area is 111 Å². The zero-order chi connectivity index (χ0) is 14.1. The van der Waals surface area contributed by atoms with Crippen molar-refractivity contribution in [1.29, 1.82) is 0 Å². The fraction of sp³-hybridized carbons (Fsp3) is 0.462. The normalized spacial score (nSPS) is 25.2. The first-order valence-electron chi connectivity index (χ1n) is 6.04. The minimum absolute atomic E-state index is 0.0328. The number of benzene rings is 1. The first-order chi connectivity index (χ1) is 8.78. The van der Waals surface area contributed by atoms with Gasteiger partial charge in [0.05, 0.1) is 23.5 Å². The third-order valence-corrected chi connectivity index (χ3v) is 5.10. The van der Waals surface area contributed by atoms with E-state index in [2.05, 4.69) is 5.32 Å². The van der Waals surface area contributed by atoms with E-state index in [0.29, 0.717) is 12.0 Å². The Morgan fingerprint density at radius 2 is 2.21 bits per heavy atom. The van der Waals surface area contributed by atoms with Gasteiger partial charge >= 0.3 is 0 Å². The molecule has 104 valence electrons. The number of hydrogen-bond donors (Lipinski definition) is 1. The average Bonchev–Trinajstić information content (AvgIpc) is 2.52. The second-order valence-electron chi connectivity index (χ2n) is 5.26. The molecule has 0 aromatic heterocycles. The number of hydrogen-bond acceptors (Lipinski definition) is 3. The van der Waals surface area contributed by atoms with Gasteiger partial charge in [-0.05, 0) is 31.0 Å². The van der Waals surface area contributed by atoms with Gasteiger partial charge in [-0.3, -0.25) is 4.79 Å². The Morgan fingerprint density at radius 3 is 2.79 bits per heavy atom. The van der Waals surface area contributed by atoms with Crippen LogP contribution in [0.1, 0.15) is 18.9 Å². The number of carbonyl (C=O) groups is 1. The zero-order valence-corrected chi connectivity index (χ0v) is 11.5. The van der Waals surface area contributed by atoms with Crippen LogP contribution in [0, 0.1) is 5.82 Å². The van der Waals surface area contributed by atoms with E-state index in [0.717, 1.165) is 0 Å². The molecule has 0 radical (unpaired) electrons. The topological polar surface area (TPSA) is 63.2 Å². The first kappa shape index (κ1) is 14.0. The maximum atomic E-state index is 13.0. The van der Waals surface area contributed by atoms with Gasteiger partial charge in [-0.2, -0.15) is 0 Å². The van der Waals surface area contributed by atoms with Crippen molar-refractivity contribution in [2.75, 3.05) is 11.5 Å². The number of amides is 1. The third-order valence-electron chi connectivity index (χ3n) is 3.20. The predicted molar refractivity (Wildman–Crippen MR) is 69.9 cm³/mol. The first-order valence-corrected chi connectivity index (χ1v) is 7.86. The summed E-state index contributed by atoms with van der Waals surface area (Å²) in [5.74, 6) is -0.608. The quantitative estimate of drug-likeness (QED) is 0.903. The molecule has 2 rings (SSSR count). The highest BCUT2D eigenvalue weighted by atomic mass is 32.2. The minimum Gasteiger partial charge on any atom is -0.350 e. The molecule has 0 saturated carbocycles. The van der Waals surface area contributed by atoms with Crippen molar-refractivity contribution < 1.29 is 17.6 Å². The molecule has 1 amide bonds. The van der Waals surface area contributed by atoms with E-state index in [1.807, 2.05) is 0 Å². The molecule has 1 saturated heterocycles. The average molecular weight is 285 g/mol. The van der Waals surface area contributed by atoms with Crippen LogP contribution >= 0.6 is 0 Å². The Morgan fingerprint density at radius 1 is 1.47 bits per heavy atom. The summed E-state index contributed by atoms with van der Waals surface area (Å²) >= 11 is 0. The lowest BCUT2D eigenvalue weighted by Crippen LogP contribution is -2.47. The zero-order valence-electron chi connectivity index (χ0n) is 10.6. The highest BCUT2D eigenvalue weighted by molar-refractivity contribution is 7.91. The summed E-state index contributed by atoms with van der Waals surface area (Å²) in [6.45, 7) is 1.72. The molecule has 1 heterocycles. The predicted octanol–water partition coefficient (Wildman–Crippen LogP) is 1.06. The van der Waals surface area contributed by atoms with Gasteiger partial charge < -0.3 is 5.32 Å². The fourth-order valence-electron chi connectivity index (χ4n) is 2.32. The van der Waals surface area contributed by atoms with Crippen molar-refractivity contribution in [3.8, 4) is 0 Å². The minimum atomic E-state index is -3.05. The number of carbonyl (C=O) groups excluding carboxylic acids is 1. The molecule has 0 aliphatic carbocycles. The highest BCUT2D eigenvalue weighted by Crippen LogP contribution is 2.22. The van der Waals surface area contributed by atoms with E-state index in [1.165, 1.54) is 12.1 Å². The molecule has 1 fully saturated rings. The van der Waals surface area contributed by atoms with Crippen LogP contribution in [0.3, 0.4) is 0 Å². The van der Waals surface area contributed by atoms with Crippen molar-refractivity contribution >= 4 is 15.7 Å². The molecular formula is C13H16FNO3S. The number of nitrogens with one attached hydrogen (secondary N) is 1. The summed E-state index contributed by atoms with van der Waals surface area (Å²) < 4.78 is 35.8. The van der Waals surface area contributed by atoms with Crippen LogP contribution in [-0.2, 0) is 21.1 Å². The SMILES string of the molecule is CC1(NC(=O)Cc2cccc(F)c2)CCS(=O)(=O)C1. The van der Waals surface area contributed by atoms with Gasteiger partial charge in [0, 0.05) is 0 Å². The number of halogens is 1. The van der Waals surface area contributed by atoms with Gasteiger partial charge in [-0.25, -0.2) is 12.8 Å². The third kappa shape index (κ3) is 3.76. The van der Waals surface area contributed by atoms with Crippen LogP contribution in [0.25, 0.3) is 0 Å². The molecule has 6 heteroatoms. The maximum absolute atomic E-state index is 13.0. The van der Waals surface area contributed by atoms with Gasteiger partial charge in [-0.1, -0.05) is 12.1 Å². The Balaban J connectivity index is 1.99. The van der Waals surface area contributed by atoms with E-state index in [4.69, 9.17) is 0 Å². The summed E-state index contributed by atoms with van der Waals surface area (Å²) in [6.07, 6.45) is 0.470. The van der Waals surface area contributed by atoms with E-state index in [1.54, 1.807) is 19.1 Å². The largest absolute Gasteiger partial charge is 0.350 e. The molecule has 1 aromatic rings. The second-order valence-corrected chi connectivity index (χ2v) is 7.44. The van der Waals surface area contributed by atoms with Gasteiger partial charge in [0.25, 0.3) is 0 Å². The summed E-state index contributed by atoms with van der Waals surface area (Å²) in [7, 11) is -3.05. The second kappa shape index (κ2) is 4.92. The van der Waals surface area contributed by atoms with Crippen LogP contribution in [0.2, 0.25) is 0 Å². The molecule has 1 atom stereocenters. The maximum Gasteiger partial charge on any atom is 0.224 e. The molecule has 4 nitrogen and oxygen atoms in total. The summed E-state index contributed by atoms with van der Waals surface area (Å²) in [5.41, 5.74) is -0.134. The van der Waals surface area contributed by atoms with Crippen molar-refractivity contribution in [2.24, 2.45) is 0 Å². The van der Waals surface area contributed by atoms with Crippen LogP contribution in [-0.4, -0.2) is 31.4 Å². The monoisotopic (exact) mass is 285 g/mol. The van der Waals surface area contributed by atoms with Crippen LogP contribution in [0.4, 0.5) is 4.39 Å². The van der Waals surface area contributed by atoms with Gasteiger partial charge in [0.1, 0.15) is 5.82 Å². The molecule has 1 aliphatic heterocycles. The van der Waals surface area contributed by atoms with Crippen molar-refractivity contribution in [3.63, 3.8) is 0 Å². The summed E-state index contributed by atoms with van der Waals surface area (Å²) in [4.78, 5) is 11.9. The molecular weight excluding hydrogens is 269 g/mol. The number of rotatable bonds is 3. The fourth-order valence-corrected chi connectivity index (χ4v) is 4.42. The molecule has 1 unspecified atom stereocenters. The van der Waals surface area contributed by atoms with Crippen molar-refractivity contribution in [3.05, 3.63) is 35.6 Å². The number of sulfone groups is 1. The standard InChI is InChI=1S/C13H16FNO3S/c1-13(5-6-19(17,18)9-13)15-12(16)8-10-3-2-4-11(14)7-10/h2-4,7H,5-6,8-9H2,1H3,(H,15,16). The summed E-state index contributed by atoms with van der Waals surface area (Å²) in [5, 5.41) is 2.74. The van der Waals surface area contributed by atoms with E-state index < -0.39 is 15.4 Å². The van der Waals surface area contributed by atoms with Crippen molar-refractivity contribution in [2.45, 2.75) is 25.3 Å². The van der Waals surface area contributed by atoms with Crippen LogP contribution < -0.4 is 5.32 Å². The highest BCUT2D eigenvalue weighted by Gasteiger charge is 2.39. The Hall–Kier alpha value is -1.43. The molecule has 0 bridgehead atoms. The molecule has 1 aliphatic rings. The van der Waals surface area contributed by atoms with E-state index in [9.17, 15) is 17.6 Å². The smallest absolute Gasteiger partial charge is 0.224 e. The van der Waals surface area contributed by atoms with Gasteiger partial charge in [0.2, 0.25) is 5.91 Å². The van der Waals surface area contributed by atoms with Gasteiger partial charge in [0.15, 0.2) is 9.84 Å². The van der Waals surface area contributed by atoms with Crippen molar-refractivity contribution in [1.82, 2.24) is 5.32 Å². The van der Waals surface area contributed by atoms with Crippen LogP contribution in [0.5, 0.6) is 0 Å². The lowest BCUT2D eigenvalue weighted by molar-refractivity contribution is -0.121. The lowest BCUT2D eigenvalue weighted by atomic mass is 10.0. The van der Waals surface area contributed by atoms with Gasteiger partial charge in [-0.15, -0.1) is 0 Å². The molecule has 1 aromatic carbocycles. The lowest BCUT2D eigenvalue weighted by Gasteiger charge is -2.23. The molecule has 1 N–H and O–H groups in total. The molecule has 19 heavy (non-hydrogen) atoms. The Kier molecular flexibility index (Phi) is 3.62. The van der Waals surface area contributed by atoms with Crippen LogP contribution in [0.15, 0.2) is 24.3 Å². The Bertz CT molecular complexity index is 600. The van der Waals surface area contributed by atoms with E-state index in [-0.39, 0.29) is 29.7 Å². The molecule has 0 spiro atoms. The summed E-state index contributed by atoms with van der Waals surface area (Å²) in [6, 6.07) is 5.82. The van der Waals surface area contributed by atoms with E-state index >= 15 is 0 Å².